The van der Waals surface area contributed by atoms with Gasteiger partial charge in [-0.05, 0) is 38.5 Å². The standard InChI is InChI=1S/C13H19NO3/c1-4-17-10(3)8-14-12-7-9(2)5-6-11(12)13(15)16/h5-7,10,14H,4,8H2,1-3H3,(H,15,16). The molecule has 0 saturated heterocycles. The minimum atomic E-state index is -0.920. The smallest absolute Gasteiger partial charge is 0.337 e. The first-order valence-electron chi connectivity index (χ1n) is 5.74. The van der Waals surface area contributed by atoms with E-state index in [-0.39, 0.29) is 6.10 Å². The van der Waals surface area contributed by atoms with Crippen molar-refractivity contribution in [1.82, 2.24) is 0 Å². The Labute approximate surface area is 102 Å². The molecule has 1 atom stereocenters. The molecule has 1 rings (SSSR count). The third-order valence-electron chi connectivity index (χ3n) is 2.44. The third kappa shape index (κ3) is 4.07. The normalized spacial score (nSPS) is 12.2. The maximum atomic E-state index is 11.0. The third-order valence-corrected chi connectivity index (χ3v) is 2.44. The number of benzene rings is 1. The molecule has 0 fully saturated rings. The molecule has 0 aromatic heterocycles. The van der Waals surface area contributed by atoms with E-state index in [2.05, 4.69) is 5.32 Å². The summed E-state index contributed by atoms with van der Waals surface area (Å²) in [6.07, 6.45) is 0.0576. The van der Waals surface area contributed by atoms with Crippen molar-refractivity contribution in [2.45, 2.75) is 26.9 Å². The Morgan fingerprint density at radius 1 is 1.53 bits per heavy atom. The molecule has 0 aliphatic carbocycles. The maximum absolute atomic E-state index is 11.0. The minimum absolute atomic E-state index is 0.0576. The van der Waals surface area contributed by atoms with Gasteiger partial charge >= 0.3 is 5.97 Å². The van der Waals surface area contributed by atoms with E-state index in [0.717, 1.165) is 5.56 Å². The predicted molar refractivity (Wildman–Crippen MR) is 67.7 cm³/mol. The van der Waals surface area contributed by atoms with Crippen molar-refractivity contribution >= 4 is 11.7 Å². The van der Waals surface area contributed by atoms with Crippen molar-refractivity contribution in [2.75, 3.05) is 18.5 Å². The predicted octanol–water partition coefficient (Wildman–Crippen LogP) is 2.53. The number of ether oxygens (including phenoxy) is 1. The first-order valence-corrected chi connectivity index (χ1v) is 5.74. The van der Waals surface area contributed by atoms with Gasteiger partial charge in [0.2, 0.25) is 0 Å². The molecule has 0 saturated carbocycles. The Hall–Kier alpha value is -1.55. The molecular weight excluding hydrogens is 218 g/mol. The molecule has 0 radical (unpaired) electrons. The lowest BCUT2D eigenvalue weighted by Crippen LogP contribution is -2.20. The summed E-state index contributed by atoms with van der Waals surface area (Å²) in [5.41, 5.74) is 1.96. The average Bonchev–Trinajstić information content (AvgIpc) is 2.26. The molecule has 0 bridgehead atoms. The molecule has 0 aliphatic rings. The monoisotopic (exact) mass is 237 g/mol. The molecule has 0 aliphatic heterocycles. The van der Waals surface area contributed by atoms with E-state index in [1.807, 2.05) is 26.8 Å². The molecule has 0 spiro atoms. The van der Waals surface area contributed by atoms with Crippen molar-refractivity contribution in [3.8, 4) is 0 Å². The van der Waals surface area contributed by atoms with Crippen LogP contribution >= 0.6 is 0 Å². The van der Waals surface area contributed by atoms with Crippen LogP contribution in [0.4, 0.5) is 5.69 Å². The number of nitrogens with one attached hydrogen (secondary N) is 1. The van der Waals surface area contributed by atoms with Gasteiger partial charge in [-0.1, -0.05) is 6.07 Å². The van der Waals surface area contributed by atoms with Gasteiger partial charge in [0.15, 0.2) is 0 Å². The highest BCUT2D eigenvalue weighted by molar-refractivity contribution is 5.94. The fraction of sp³-hybridized carbons (Fsp3) is 0.462. The molecule has 17 heavy (non-hydrogen) atoms. The van der Waals surface area contributed by atoms with Gasteiger partial charge in [0, 0.05) is 18.8 Å². The van der Waals surface area contributed by atoms with E-state index < -0.39 is 5.97 Å². The van der Waals surface area contributed by atoms with Crippen LogP contribution in [0, 0.1) is 6.92 Å². The number of hydrogen-bond donors (Lipinski definition) is 2. The minimum Gasteiger partial charge on any atom is -0.478 e. The van der Waals surface area contributed by atoms with Gasteiger partial charge in [0.25, 0.3) is 0 Å². The maximum Gasteiger partial charge on any atom is 0.337 e. The van der Waals surface area contributed by atoms with Crippen LogP contribution in [0.5, 0.6) is 0 Å². The topological polar surface area (TPSA) is 58.6 Å². The molecule has 94 valence electrons. The van der Waals surface area contributed by atoms with Crippen molar-refractivity contribution < 1.29 is 14.6 Å². The van der Waals surface area contributed by atoms with Crippen LogP contribution in [0.3, 0.4) is 0 Å². The number of carboxylic acids is 1. The molecular formula is C13H19NO3. The summed E-state index contributed by atoms with van der Waals surface area (Å²) in [6, 6.07) is 5.24. The van der Waals surface area contributed by atoms with Crippen molar-refractivity contribution in [2.24, 2.45) is 0 Å². The number of aromatic carboxylic acids is 1. The molecule has 4 heteroatoms. The average molecular weight is 237 g/mol. The van der Waals surface area contributed by atoms with Gasteiger partial charge in [0.05, 0.1) is 11.7 Å². The van der Waals surface area contributed by atoms with Crippen molar-refractivity contribution in [3.63, 3.8) is 0 Å². The molecule has 1 unspecified atom stereocenters. The Kier molecular flexibility index (Phi) is 4.97. The van der Waals surface area contributed by atoms with E-state index in [4.69, 9.17) is 9.84 Å². The van der Waals surface area contributed by atoms with E-state index in [1.54, 1.807) is 12.1 Å². The van der Waals surface area contributed by atoms with Crippen LogP contribution in [0.2, 0.25) is 0 Å². The lowest BCUT2D eigenvalue weighted by Gasteiger charge is -2.15. The van der Waals surface area contributed by atoms with Crippen LogP contribution in [-0.4, -0.2) is 30.3 Å². The number of carbonyl (C=O) groups is 1. The Bertz CT molecular complexity index is 390. The zero-order valence-corrected chi connectivity index (χ0v) is 10.5. The highest BCUT2D eigenvalue weighted by atomic mass is 16.5. The fourth-order valence-electron chi connectivity index (χ4n) is 1.59. The first kappa shape index (κ1) is 13.5. The largest absolute Gasteiger partial charge is 0.478 e. The lowest BCUT2D eigenvalue weighted by molar-refractivity contribution is 0.0696. The van der Waals surface area contributed by atoms with Crippen molar-refractivity contribution in [1.29, 1.82) is 0 Å². The quantitative estimate of drug-likeness (QED) is 0.798. The van der Waals surface area contributed by atoms with E-state index >= 15 is 0 Å². The molecule has 1 aromatic rings. The summed E-state index contributed by atoms with van der Waals surface area (Å²) in [7, 11) is 0. The summed E-state index contributed by atoms with van der Waals surface area (Å²) in [4.78, 5) is 11.0. The Morgan fingerprint density at radius 2 is 2.24 bits per heavy atom. The van der Waals surface area contributed by atoms with E-state index in [1.165, 1.54) is 0 Å². The zero-order chi connectivity index (χ0) is 12.8. The number of rotatable bonds is 6. The van der Waals surface area contributed by atoms with Crippen LogP contribution in [0.25, 0.3) is 0 Å². The molecule has 4 nitrogen and oxygen atoms in total. The summed E-state index contributed by atoms with van der Waals surface area (Å²) >= 11 is 0. The second-order valence-electron chi connectivity index (χ2n) is 4.00. The van der Waals surface area contributed by atoms with Crippen LogP contribution in [0.1, 0.15) is 29.8 Å². The Balaban J connectivity index is 2.75. The second kappa shape index (κ2) is 6.25. The van der Waals surface area contributed by atoms with Gasteiger partial charge in [-0.3, -0.25) is 0 Å². The SMILES string of the molecule is CCOC(C)CNc1cc(C)ccc1C(=O)O. The molecule has 0 amide bonds. The van der Waals surface area contributed by atoms with Crippen molar-refractivity contribution in [3.05, 3.63) is 29.3 Å². The van der Waals surface area contributed by atoms with Gasteiger partial charge in [0.1, 0.15) is 0 Å². The zero-order valence-electron chi connectivity index (χ0n) is 10.5. The Morgan fingerprint density at radius 3 is 2.82 bits per heavy atom. The molecule has 1 aromatic carbocycles. The van der Waals surface area contributed by atoms with Crippen LogP contribution in [0.15, 0.2) is 18.2 Å². The summed E-state index contributed by atoms with van der Waals surface area (Å²) in [5, 5.41) is 12.2. The number of anilines is 1. The number of carboxylic acid groups (broad SMARTS) is 1. The lowest BCUT2D eigenvalue weighted by atomic mass is 10.1. The second-order valence-corrected chi connectivity index (χ2v) is 4.00. The molecule has 0 heterocycles. The number of aryl methyl sites for hydroxylation is 1. The summed E-state index contributed by atoms with van der Waals surface area (Å²) in [6.45, 7) is 7.07. The highest BCUT2D eigenvalue weighted by Crippen LogP contribution is 2.17. The van der Waals surface area contributed by atoms with Gasteiger partial charge in [-0.2, -0.15) is 0 Å². The molecule has 2 N–H and O–H groups in total. The van der Waals surface area contributed by atoms with Crippen LogP contribution < -0.4 is 5.32 Å². The number of hydrogen-bond acceptors (Lipinski definition) is 3. The first-order chi connectivity index (χ1) is 8.04. The van der Waals surface area contributed by atoms with E-state index in [0.29, 0.717) is 24.4 Å². The summed E-state index contributed by atoms with van der Waals surface area (Å²) in [5.74, 6) is -0.920. The van der Waals surface area contributed by atoms with E-state index in [9.17, 15) is 4.79 Å². The summed E-state index contributed by atoms with van der Waals surface area (Å²) < 4.78 is 5.38. The van der Waals surface area contributed by atoms with Gasteiger partial charge < -0.3 is 15.2 Å². The van der Waals surface area contributed by atoms with Crippen LogP contribution in [-0.2, 0) is 4.74 Å². The van der Waals surface area contributed by atoms with Gasteiger partial charge in [-0.25, -0.2) is 4.79 Å². The highest BCUT2D eigenvalue weighted by Gasteiger charge is 2.10. The van der Waals surface area contributed by atoms with Gasteiger partial charge in [-0.15, -0.1) is 0 Å². The fourth-order valence-corrected chi connectivity index (χ4v) is 1.59.